The van der Waals surface area contributed by atoms with Gasteiger partial charge in [0.15, 0.2) is 0 Å². The van der Waals surface area contributed by atoms with Crippen molar-refractivity contribution in [2.75, 3.05) is 0 Å². The first-order valence-corrected chi connectivity index (χ1v) is 6.32. The fourth-order valence-electron chi connectivity index (χ4n) is 1.79. The van der Waals surface area contributed by atoms with Crippen LogP contribution < -0.4 is 0 Å². The molecule has 1 aromatic carbocycles. The molecular formula is C14H13NOS. The average Bonchev–Trinajstić information content (AvgIpc) is 2.72. The zero-order valence-electron chi connectivity index (χ0n) is 9.86. The van der Waals surface area contributed by atoms with Gasteiger partial charge in [0.2, 0.25) is 0 Å². The van der Waals surface area contributed by atoms with Gasteiger partial charge in [-0.2, -0.15) is 5.26 Å². The van der Waals surface area contributed by atoms with Crippen LogP contribution in [-0.4, -0.2) is 5.78 Å². The van der Waals surface area contributed by atoms with Gasteiger partial charge in [0.1, 0.15) is 11.2 Å². The first-order chi connectivity index (χ1) is 8.07. The van der Waals surface area contributed by atoms with Crippen LogP contribution in [0, 0.1) is 16.7 Å². The number of rotatable bonds is 3. The summed E-state index contributed by atoms with van der Waals surface area (Å²) in [4.78, 5) is 11.5. The highest BCUT2D eigenvalue weighted by atomic mass is 32.1. The van der Waals surface area contributed by atoms with Gasteiger partial charge < -0.3 is 0 Å². The van der Waals surface area contributed by atoms with Gasteiger partial charge in [-0.1, -0.05) is 18.2 Å². The van der Waals surface area contributed by atoms with Crippen molar-refractivity contribution in [1.82, 2.24) is 0 Å². The minimum atomic E-state index is -0.913. The molecule has 2 aromatic rings. The van der Waals surface area contributed by atoms with E-state index in [0.29, 0.717) is 6.42 Å². The van der Waals surface area contributed by atoms with Crippen molar-refractivity contribution >= 4 is 27.2 Å². The molecule has 0 N–H and O–H groups in total. The summed E-state index contributed by atoms with van der Waals surface area (Å²) in [5.41, 5.74) is 0.175. The Morgan fingerprint density at radius 1 is 1.47 bits per heavy atom. The lowest BCUT2D eigenvalue weighted by atomic mass is 9.82. The van der Waals surface area contributed by atoms with E-state index in [4.69, 9.17) is 5.26 Å². The SMILES string of the molecule is CC(=O)C(C)(C#N)Cc1csc2ccccc12. The Morgan fingerprint density at radius 3 is 2.82 bits per heavy atom. The number of ketones is 1. The third-order valence-corrected chi connectivity index (χ3v) is 4.14. The summed E-state index contributed by atoms with van der Waals surface area (Å²) in [6.07, 6.45) is 0.489. The zero-order valence-corrected chi connectivity index (χ0v) is 10.7. The van der Waals surface area contributed by atoms with E-state index in [1.165, 1.54) is 11.6 Å². The summed E-state index contributed by atoms with van der Waals surface area (Å²) in [5, 5.41) is 12.4. The fraction of sp³-hybridized carbons (Fsp3) is 0.286. The summed E-state index contributed by atoms with van der Waals surface area (Å²) in [6, 6.07) is 10.2. The van der Waals surface area contributed by atoms with Crippen LogP contribution in [0.5, 0.6) is 0 Å². The van der Waals surface area contributed by atoms with E-state index in [2.05, 4.69) is 12.1 Å². The maximum absolute atomic E-state index is 11.5. The number of carbonyl (C=O) groups is 1. The molecule has 0 amide bonds. The number of Topliss-reactive ketones (excluding diaryl/α,β-unsaturated/α-hetero) is 1. The fourth-order valence-corrected chi connectivity index (χ4v) is 2.76. The highest BCUT2D eigenvalue weighted by Crippen LogP contribution is 2.31. The van der Waals surface area contributed by atoms with Gasteiger partial charge in [-0.3, -0.25) is 4.79 Å². The Morgan fingerprint density at radius 2 is 2.18 bits per heavy atom. The number of fused-ring (bicyclic) bond motifs is 1. The number of benzene rings is 1. The molecule has 0 aliphatic heterocycles. The molecule has 2 rings (SSSR count). The van der Waals surface area contributed by atoms with Crippen LogP contribution in [0.4, 0.5) is 0 Å². The number of thiophene rings is 1. The topological polar surface area (TPSA) is 40.9 Å². The van der Waals surface area contributed by atoms with Gasteiger partial charge in [0.05, 0.1) is 6.07 Å². The first-order valence-electron chi connectivity index (χ1n) is 5.44. The van der Waals surface area contributed by atoms with Crippen molar-refractivity contribution in [2.24, 2.45) is 5.41 Å². The maximum atomic E-state index is 11.5. The quantitative estimate of drug-likeness (QED) is 0.827. The molecular weight excluding hydrogens is 230 g/mol. The van der Waals surface area contributed by atoms with Crippen LogP contribution in [0.15, 0.2) is 29.6 Å². The zero-order chi connectivity index (χ0) is 12.5. The standard InChI is InChI=1S/C14H13NOS/c1-10(16)14(2,9-15)7-11-8-17-13-6-4-3-5-12(11)13/h3-6,8H,7H2,1-2H3. The second-order valence-electron chi connectivity index (χ2n) is 4.43. The Labute approximate surface area is 104 Å². The molecule has 1 heterocycles. The Kier molecular flexibility index (Phi) is 2.99. The van der Waals surface area contributed by atoms with Crippen LogP contribution in [0.3, 0.4) is 0 Å². The third kappa shape index (κ3) is 2.09. The van der Waals surface area contributed by atoms with Crippen molar-refractivity contribution in [2.45, 2.75) is 20.3 Å². The molecule has 2 nitrogen and oxygen atoms in total. The number of nitriles is 1. The molecule has 0 bridgehead atoms. The number of nitrogens with zero attached hydrogens (tertiary/aromatic N) is 1. The smallest absolute Gasteiger partial charge is 0.150 e. The normalized spacial score (nSPS) is 14.2. The number of hydrogen-bond acceptors (Lipinski definition) is 3. The average molecular weight is 243 g/mol. The molecule has 0 aliphatic carbocycles. The lowest BCUT2D eigenvalue weighted by Gasteiger charge is -2.17. The molecule has 17 heavy (non-hydrogen) atoms. The second-order valence-corrected chi connectivity index (χ2v) is 5.35. The molecule has 1 atom stereocenters. The van der Waals surface area contributed by atoms with Crippen LogP contribution in [0.25, 0.3) is 10.1 Å². The first kappa shape index (κ1) is 11.8. The molecule has 0 saturated carbocycles. The lowest BCUT2D eigenvalue weighted by Crippen LogP contribution is -2.26. The van der Waals surface area contributed by atoms with Gasteiger partial charge in [-0.15, -0.1) is 11.3 Å². The minimum absolute atomic E-state index is 0.0738. The second kappa shape index (κ2) is 4.31. The van der Waals surface area contributed by atoms with Gasteiger partial charge in [-0.05, 0) is 42.7 Å². The van der Waals surface area contributed by atoms with Gasteiger partial charge in [-0.25, -0.2) is 0 Å². The Hall–Kier alpha value is -1.66. The van der Waals surface area contributed by atoms with E-state index in [1.807, 2.05) is 23.6 Å². The van der Waals surface area contributed by atoms with E-state index < -0.39 is 5.41 Å². The van der Waals surface area contributed by atoms with Gasteiger partial charge >= 0.3 is 0 Å². The van der Waals surface area contributed by atoms with E-state index in [0.717, 1.165) is 10.9 Å². The molecule has 1 aromatic heterocycles. The van der Waals surface area contributed by atoms with Gasteiger partial charge in [0.25, 0.3) is 0 Å². The van der Waals surface area contributed by atoms with Crippen molar-refractivity contribution in [3.63, 3.8) is 0 Å². The highest BCUT2D eigenvalue weighted by Gasteiger charge is 2.30. The van der Waals surface area contributed by atoms with Crippen LogP contribution in [0.2, 0.25) is 0 Å². The highest BCUT2D eigenvalue weighted by molar-refractivity contribution is 7.17. The van der Waals surface area contributed by atoms with Crippen molar-refractivity contribution in [1.29, 1.82) is 5.26 Å². The molecule has 86 valence electrons. The predicted molar refractivity (Wildman–Crippen MR) is 69.9 cm³/mol. The number of carbonyl (C=O) groups excluding carboxylic acids is 1. The molecule has 0 fully saturated rings. The van der Waals surface area contributed by atoms with Gasteiger partial charge in [0, 0.05) is 4.70 Å². The Balaban J connectivity index is 2.43. The van der Waals surface area contributed by atoms with E-state index in [1.54, 1.807) is 18.3 Å². The van der Waals surface area contributed by atoms with Crippen molar-refractivity contribution in [3.8, 4) is 6.07 Å². The summed E-state index contributed by atoms with van der Waals surface area (Å²) in [5.74, 6) is -0.0738. The Bertz CT molecular complexity index is 608. The summed E-state index contributed by atoms with van der Waals surface area (Å²) in [7, 11) is 0. The van der Waals surface area contributed by atoms with E-state index in [9.17, 15) is 4.79 Å². The molecule has 3 heteroatoms. The monoisotopic (exact) mass is 243 g/mol. The summed E-state index contributed by atoms with van der Waals surface area (Å²) in [6.45, 7) is 3.19. The summed E-state index contributed by atoms with van der Waals surface area (Å²) < 4.78 is 1.20. The van der Waals surface area contributed by atoms with Crippen LogP contribution in [0.1, 0.15) is 19.4 Å². The summed E-state index contributed by atoms with van der Waals surface area (Å²) >= 11 is 1.66. The van der Waals surface area contributed by atoms with Crippen LogP contribution >= 0.6 is 11.3 Å². The minimum Gasteiger partial charge on any atom is -0.298 e. The van der Waals surface area contributed by atoms with Crippen molar-refractivity contribution in [3.05, 3.63) is 35.2 Å². The predicted octanol–water partition coefficient (Wildman–Crippen LogP) is 3.56. The third-order valence-electron chi connectivity index (χ3n) is 3.13. The number of hydrogen-bond donors (Lipinski definition) is 0. The molecule has 0 saturated heterocycles. The molecule has 0 aliphatic rings. The van der Waals surface area contributed by atoms with Crippen molar-refractivity contribution < 1.29 is 4.79 Å². The van der Waals surface area contributed by atoms with E-state index >= 15 is 0 Å². The van der Waals surface area contributed by atoms with Crippen LogP contribution in [-0.2, 0) is 11.2 Å². The molecule has 0 radical (unpaired) electrons. The van der Waals surface area contributed by atoms with E-state index in [-0.39, 0.29) is 5.78 Å². The molecule has 1 unspecified atom stereocenters. The molecule has 0 spiro atoms. The largest absolute Gasteiger partial charge is 0.298 e. The lowest BCUT2D eigenvalue weighted by molar-refractivity contribution is -0.123. The maximum Gasteiger partial charge on any atom is 0.150 e.